The van der Waals surface area contributed by atoms with Gasteiger partial charge >= 0.3 is 0 Å². The molecule has 0 unspecified atom stereocenters. The van der Waals surface area contributed by atoms with Crippen LogP contribution in [0.2, 0.25) is 0 Å². The summed E-state index contributed by atoms with van der Waals surface area (Å²) in [7, 11) is 3.20. The Labute approximate surface area is 153 Å². The Hall–Kier alpha value is -2.93. The van der Waals surface area contributed by atoms with Crippen LogP contribution in [0.4, 0.5) is 4.39 Å². The minimum atomic E-state index is -0.209. The van der Waals surface area contributed by atoms with Crippen molar-refractivity contribution in [2.45, 2.75) is 6.92 Å². The van der Waals surface area contributed by atoms with Crippen LogP contribution in [0.5, 0.6) is 11.5 Å². The van der Waals surface area contributed by atoms with Gasteiger partial charge in [-0.2, -0.15) is 15.4 Å². The fraction of sp³-hybridized carbons (Fsp3) is 0.158. The maximum absolute atomic E-state index is 13.9. The average Bonchev–Trinajstić information content (AvgIpc) is 3.28. The summed E-state index contributed by atoms with van der Waals surface area (Å²) in [6.07, 6.45) is 0. The van der Waals surface area contributed by atoms with Gasteiger partial charge in [-0.3, -0.25) is 0 Å². The molecule has 0 aliphatic rings. The lowest BCUT2D eigenvalue weighted by Crippen LogP contribution is -1.90. The lowest BCUT2D eigenvalue weighted by Gasteiger charge is -2.07. The Bertz CT molecular complexity index is 1040. The van der Waals surface area contributed by atoms with Crippen LogP contribution in [0.15, 0.2) is 36.4 Å². The van der Waals surface area contributed by atoms with Crippen LogP contribution in [0.3, 0.4) is 0 Å². The zero-order valence-electron chi connectivity index (χ0n) is 14.5. The third kappa shape index (κ3) is 2.80. The van der Waals surface area contributed by atoms with Crippen molar-refractivity contribution < 1.29 is 13.9 Å². The number of rotatable bonds is 4. The number of halogens is 1. The van der Waals surface area contributed by atoms with E-state index in [9.17, 15) is 4.39 Å². The molecule has 0 radical (unpaired) electrons. The molecule has 0 spiro atoms. The van der Waals surface area contributed by atoms with Crippen LogP contribution < -0.4 is 9.47 Å². The third-order valence-corrected chi connectivity index (χ3v) is 5.31. The average molecular weight is 369 g/mol. The minimum absolute atomic E-state index is 0.209. The highest BCUT2D eigenvalue weighted by Gasteiger charge is 2.17. The summed E-state index contributed by atoms with van der Waals surface area (Å²) in [6.45, 7) is 1.76. The van der Waals surface area contributed by atoms with Crippen LogP contribution in [-0.4, -0.2) is 29.6 Å². The molecular formula is C19H16FN3O2S. The first kappa shape index (κ1) is 16.5. The number of ether oxygens (including phenoxy) is 2. The van der Waals surface area contributed by atoms with Crippen LogP contribution >= 0.6 is 11.3 Å². The van der Waals surface area contributed by atoms with Crippen LogP contribution in [0, 0.1) is 12.7 Å². The Balaban J connectivity index is 1.85. The monoisotopic (exact) mass is 369 g/mol. The molecule has 0 aliphatic carbocycles. The summed E-state index contributed by atoms with van der Waals surface area (Å²) >= 11 is 1.55. The van der Waals surface area contributed by atoms with Gasteiger partial charge in [0.25, 0.3) is 0 Å². The van der Waals surface area contributed by atoms with Crippen LogP contribution in [-0.2, 0) is 0 Å². The molecule has 26 heavy (non-hydrogen) atoms. The summed E-state index contributed by atoms with van der Waals surface area (Å²) in [5.74, 6) is 1.13. The van der Waals surface area contributed by atoms with Gasteiger partial charge in [-0.15, -0.1) is 11.3 Å². The number of hydrogen-bond acceptors (Lipinski definition) is 5. The number of aromatic nitrogens is 3. The number of nitrogens with one attached hydrogen (secondary N) is 1. The van der Waals surface area contributed by atoms with E-state index in [1.807, 2.05) is 24.3 Å². The van der Waals surface area contributed by atoms with E-state index >= 15 is 0 Å². The van der Waals surface area contributed by atoms with E-state index in [4.69, 9.17) is 9.47 Å². The van der Waals surface area contributed by atoms with E-state index in [0.717, 1.165) is 20.5 Å². The molecule has 0 amide bonds. The van der Waals surface area contributed by atoms with Gasteiger partial charge in [0.1, 0.15) is 28.7 Å². The lowest BCUT2D eigenvalue weighted by atomic mass is 10.1. The number of aryl methyl sites for hydroxylation is 1. The molecule has 2 aromatic carbocycles. The molecule has 5 nitrogen and oxygen atoms in total. The van der Waals surface area contributed by atoms with Gasteiger partial charge < -0.3 is 9.47 Å². The smallest absolute Gasteiger partial charge is 0.130 e. The van der Waals surface area contributed by atoms with Crippen molar-refractivity contribution in [3.8, 4) is 33.3 Å². The predicted octanol–water partition coefficient (Wildman–Crippen LogP) is 4.82. The number of aromatic amines is 1. The molecule has 2 aromatic heterocycles. The van der Waals surface area contributed by atoms with E-state index in [1.165, 1.54) is 0 Å². The molecule has 0 atom stereocenters. The molecule has 0 saturated carbocycles. The quantitative estimate of drug-likeness (QED) is 0.560. The highest BCUT2D eigenvalue weighted by atomic mass is 32.1. The summed E-state index contributed by atoms with van der Waals surface area (Å²) in [4.78, 5) is 0.913. The van der Waals surface area contributed by atoms with Gasteiger partial charge in [-0.25, -0.2) is 4.39 Å². The Morgan fingerprint density at radius 1 is 0.923 bits per heavy atom. The molecule has 2 heterocycles. The van der Waals surface area contributed by atoms with Crippen molar-refractivity contribution in [1.82, 2.24) is 15.4 Å². The van der Waals surface area contributed by atoms with Crippen molar-refractivity contribution in [3.05, 3.63) is 47.8 Å². The second-order valence-electron chi connectivity index (χ2n) is 5.87. The van der Waals surface area contributed by atoms with Gasteiger partial charge in [0.2, 0.25) is 0 Å². The van der Waals surface area contributed by atoms with E-state index in [2.05, 4.69) is 15.4 Å². The molecule has 0 aliphatic heterocycles. The zero-order valence-corrected chi connectivity index (χ0v) is 15.3. The van der Waals surface area contributed by atoms with E-state index in [1.54, 1.807) is 44.6 Å². The SMILES string of the molecule is COc1cc(OC)cc(-c2n[nH]nc2-c2cc3cc(F)c(C)cc3s2)c1. The second kappa shape index (κ2) is 6.42. The molecule has 4 aromatic rings. The first-order chi connectivity index (χ1) is 12.6. The number of H-pyrrole nitrogens is 1. The van der Waals surface area contributed by atoms with E-state index in [-0.39, 0.29) is 5.82 Å². The first-order valence-electron chi connectivity index (χ1n) is 7.93. The number of thiophene rings is 1. The fourth-order valence-corrected chi connectivity index (χ4v) is 3.96. The van der Waals surface area contributed by atoms with Gasteiger partial charge in [-0.1, -0.05) is 0 Å². The minimum Gasteiger partial charge on any atom is -0.497 e. The largest absolute Gasteiger partial charge is 0.497 e. The Kier molecular flexibility index (Phi) is 4.08. The molecule has 0 saturated heterocycles. The topological polar surface area (TPSA) is 60.0 Å². The molecular weight excluding hydrogens is 353 g/mol. The predicted molar refractivity (Wildman–Crippen MR) is 100 cm³/mol. The van der Waals surface area contributed by atoms with Crippen LogP contribution in [0.25, 0.3) is 31.9 Å². The Morgan fingerprint density at radius 2 is 1.62 bits per heavy atom. The molecule has 132 valence electrons. The number of methoxy groups -OCH3 is 2. The summed E-state index contributed by atoms with van der Waals surface area (Å²) in [5.41, 5.74) is 2.85. The van der Waals surface area contributed by atoms with Crippen molar-refractivity contribution >= 4 is 21.4 Å². The van der Waals surface area contributed by atoms with Gasteiger partial charge in [0.15, 0.2) is 0 Å². The number of nitrogens with zero attached hydrogens (tertiary/aromatic N) is 2. The molecule has 7 heteroatoms. The number of fused-ring (bicyclic) bond motifs is 1. The van der Waals surface area contributed by atoms with Crippen LogP contribution in [0.1, 0.15) is 5.56 Å². The molecule has 4 rings (SSSR count). The molecule has 0 bridgehead atoms. The second-order valence-corrected chi connectivity index (χ2v) is 6.96. The first-order valence-corrected chi connectivity index (χ1v) is 8.75. The van der Waals surface area contributed by atoms with Gasteiger partial charge in [0.05, 0.1) is 19.1 Å². The van der Waals surface area contributed by atoms with E-state index in [0.29, 0.717) is 28.5 Å². The zero-order chi connectivity index (χ0) is 18.3. The van der Waals surface area contributed by atoms with E-state index < -0.39 is 0 Å². The summed E-state index contributed by atoms with van der Waals surface area (Å²) in [6, 6.07) is 10.9. The summed E-state index contributed by atoms with van der Waals surface area (Å²) in [5, 5.41) is 12.2. The molecule has 0 fully saturated rings. The Morgan fingerprint density at radius 3 is 2.31 bits per heavy atom. The normalized spacial score (nSPS) is 11.1. The lowest BCUT2D eigenvalue weighted by molar-refractivity contribution is 0.394. The third-order valence-electron chi connectivity index (χ3n) is 4.20. The highest BCUT2D eigenvalue weighted by molar-refractivity contribution is 7.22. The van der Waals surface area contributed by atoms with Crippen molar-refractivity contribution in [2.75, 3.05) is 14.2 Å². The maximum Gasteiger partial charge on any atom is 0.130 e. The number of benzene rings is 2. The van der Waals surface area contributed by atoms with Crippen molar-refractivity contribution in [2.24, 2.45) is 0 Å². The highest BCUT2D eigenvalue weighted by Crippen LogP contribution is 2.39. The maximum atomic E-state index is 13.9. The van der Waals surface area contributed by atoms with Gasteiger partial charge in [-0.05, 0) is 48.2 Å². The van der Waals surface area contributed by atoms with Gasteiger partial charge in [0, 0.05) is 16.3 Å². The van der Waals surface area contributed by atoms with Crippen molar-refractivity contribution in [1.29, 1.82) is 0 Å². The number of hydrogen-bond donors (Lipinski definition) is 1. The fourth-order valence-electron chi connectivity index (χ4n) is 2.83. The standard InChI is InChI=1S/C19H16FN3O2S/c1-10-4-16-11(7-15(10)20)8-17(26-16)19-18(21-23-22-19)12-5-13(24-2)9-14(6-12)25-3/h4-9H,1-3H3,(H,21,22,23). The summed E-state index contributed by atoms with van der Waals surface area (Å²) < 4.78 is 25.5. The molecule has 1 N–H and O–H groups in total. The van der Waals surface area contributed by atoms with Crippen molar-refractivity contribution in [3.63, 3.8) is 0 Å².